The topological polar surface area (TPSA) is 117 Å². The number of carbonyl (C=O) groups excluding carboxylic acids is 2. The third-order valence-corrected chi connectivity index (χ3v) is 3.18. The number of benzene rings is 1. The van der Waals surface area contributed by atoms with Crippen LogP contribution < -0.4 is 11.1 Å². The average molecular weight is 350 g/mol. The van der Waals surface area contributed by atoms with Crippen molar-refractivity contribution >= 4 is 17.8 Å². The third kappa shape index (κ3) is 7.11. The number of oxime groups is 1. The lowest BCUT2D eigenvalue weighted by Crippen LogP contribution is -2.36. The van der Waals surface area contributed by atoms with E-state index in [0.717, 1.165) is 5.56 Å². The maximum Gasteiger partial charge on any atom is 0.410 e. The second-order valence-electron chi connectivity index (χ2n) is 6.47. The monoisotopic (exact) mass is 350 g/mol. The maximum absolute atomic E-state index is 12.1. The van der Waals surface area contributed by atoms with Crippen LogP contribution in [0.15, 0.2) is 29.4 Å². The van der Waals surface area contributed by atoms with Crippen molar-refractivity contribution in [1.82, 2.24) is 10.2 Å². The number of nitrogens with one attached hydrogen (secondary N) is 1. The maximum atomic E-state index is 12.1. The Morgan fingerprint density at radius 3 is 2.36 bits per heavy atom. The van der Waals surface area contributed by atoms with Crippen molar-refractivity contribution in [2.45, 2.75) is 39.8 Å². The van der Waals surface area contributed by atoms with Crippen LogP contribution >= 0.6 is 0 Å². The predicted molar refractivity (Wildman–Crippen MR) is 94.5 cm³/mol. The first-order valence-corrected chi connectivity index (χ1v) is 7.97. The highest BCUT2D eigenvalue weighted by Gasteiger charge is 2.21. The minimum atomic E-state index is -0.549. The lowest BCUT2D eigenvalue weighted by molar-refractivity contribution is 0.0244. The zero-order chi connectivity index (χ0) is 19.0. The van der Waals surface area contributed by atoms with Gasteiger partial charge in [-0.1, -0.05) is 17.3 Å². The van der Waals surface area contributed by atoms with E-state index in [0.29, 0.717) is 18.7 Å². The zero-order valence-corrected chi connectivity index (χ0v) is 15.1. The van der Waals surface area contributed by atoms with Crippen LogP contribution in [0.4, 0.5) is 4.79 Å². The fourth-order valence-corrected chi connectivity index (χ4v) is 1.92. The molecule has 0 radical (unpaired) electrons. The molecule has 0 bridgehead atoms. The van der Waals surface area contributed by atoms with E-state index >= 15 is 0 Å². The molecular weight excluding hydrogens is 324 g/mol. The molecule has 25 heavy (non-hydrogen) atoms. The van der Waals surface area contributed by atoms with E-state index in [2.05, 4.69) is 10.5 Å². The number of ether oxygens (including phenoxy) is 1. The molecule has 1 rings (SSSR count). The fraction of sp³-hybridized carbons (Fsp3) is 0.471. The van der Waals surface area contributed by atoms with E-state index in [1.165, 1.54) is 0 Å². The number of rotatable bonds is 6. The molecule has 1 aromatic rings. The van der Waals surface area contributed by atoms with Crippen molar-refractivity contribution in [1.29, 1.82) is 0 Å². The summed E-state index contributed by atoms with van der Waals surface area (Å²) in [6.07, 6.45) is -0.379. The van der Waals surface area contributed by atoms with Gasteiger partial charge in [0.2, 0.25) is 0 Å². The summed E-state index contributed by atoms with van der Waals surface area (Å²) in [7, 11) is 0. The van der Waals surface area contributed by atoms with Crippen LogP contribution in [0.2, 0.25) is 0 Å². The van der Waals surface area contributed by atoms with Gasteiger partial charge in [0, 0.05) is 18.7 Å². The zero-order valence-electron chi connectivity index (χ0n) is 15.1. The molecule has 0 heterocycles. The molecule has 0 saturated heterocycles. The molecule has 8 nitrogen and oxygen atoms in total. The van der Waals surface area contributed by atoms with Crippen LogP contribution in [0.1, 0.15) is 43.6 Å². The molecule has 0 spiro atoms. The van der Waals surface area contributed by atoms with Gasteiger partial charge in [-0.2, -0.15) is 0 Å². The SMILES string of the molecule is CCN(Cc1ccc(C(=O)NC/C(N)=N\O)cc1)C(=O)OC(C)(C)C. The lowest BCUT2D eigenvalue weighted by Gasteiger charge is -2.26. The predicted octanol–water partition coefficient (Wildman–Crippen LogP) is 1.92. The van der Waals surface area contributed by atoms with Crippen molar-refractivity contribution in [3.8, 4) is 0 Å². The van der Waals surface area contributed by atoms with Crippen LogP contribution in [0.3, 0.4) is 0 Å². The first kappa shape index (κ1) is 20.3. The normalized spacial score (nSPS) is 11.8. The Balaban J connectivity index is 2.69. The Morgan fingerprint density at radius 1 is 1.28 bits per heavy atom. The lowest BCUT2D eigenvalue weighted by atomic mass is 10.1. The van der Waals surface area contributed by atoms with Crippen molar-refractivity contribution < 1.29 is 19.5 Å². The first-order valence-electron chi connectivity index (χ1n) is 7.97. The number of nitrogens with two attached hydrogens (primary N) is 1. The smallest absolute Gasteiger partial charge is 0.410 e. The van der Waals surface area contributed by atoms with Gasteiger partial charge in [-0.15, -0.1) is 0 Å². The molecule has 0 aliphatic rings. The second kappa shape index (κ2) is 8.91. The minimum absolute atomic E-state index is 0.0423. The molecule has 138 valence electrons. The third-order valence-electron chi connectivity index (χ3n) is 3.18. The summed E-state index contributed by atoms with van der Waals surface area (Å²) in [6, 6.07) is 6.84. The summed E-state index contributed by atoms with van der Waals surface area (Å²) in [4.78, 5) is 25.7. The Labute approximate surface area is 147 Å². The molecule has 1 aromatic carbocycles. The molecule has 0 unspecified atom stereocenters. The number of carbonyl (C=O) groups is 2. The molecule has 0 saturated carbocycles. The summed E-state index contributed by atoms with van der Waals surface area (Å²) in [5, 5.41) is 13.8. The average Bonchev–Trinajstić information content (AvgIpc) is 2.56. The Hall–Kier alpha value is -2.77. The number of hydrogen-bond donors (Lipinski definition) is 3. The van der Waals surface area contributed by atoms with Gasteiger partial charge in [0.05, 0.1) is 6.54 Å². The van der Waals surface area contributed by atoms with Crippen LogP contribution in [0, 0.1) is 0 Å². The fourth-order valence-electron chi connectivity index (χ4n) is 1.92. The molecule has 0 aromatic heterocycles. The van der Waals surface area contributed by atoms with Gasteiger partial charge in [0.1, 0.15) is 5.60 Å². The van der Waals surface area contributed by atoms with Gasteiger partial charge in [0.25, 0.3) is 5.91 Å². The number of amides is 2. The molecule has 8 heteroatoms. The largest absolute Gasteiger partial charge is 0.444 e. The first-order chi connectivity index (χ1) is 11.7. The standard InChI is InChI=1S/C17H26N4O4/c1-5-21(16(23)25-17(2,3)4)11-12-6-8-13(9-7-12)15(22)19-10-14(18)20-24/h6-9,24H,5,10-11H2,1-4H3,(H2,18,20)(H,19,22). The van der Waals surface area contributed by atoms with E-state index in [9.17, 15) is 9.59 Å². The quantitative estimate of drug-likeness (QED) is 0.314. The van der Waals surface area contributed by atoms with Crippen molar-refractivity contribution in [2.75, 3.05) is 13.1 Å². The van der Waals surface area contributed by atoms with Crippen molar-refractivity contribution in [3.63, 3.8) is 0 Å². The number of nitrogens with zero attached hydrogens (tertiary/aromatic N) is 2. The van der Waals surface area contributed by atoms with Crippen LogP contribution in [-0.2, 0) is 11.3 Å². The van der Waals surface area contributed by atoms with Crippen molar-refractivity contribution in [2.24, 2.45) is 10.9 Å². The molecule has 0 aliphatic carbocycles. The highest BCUT2D eigenvalue weighted by molar-refractivity contribution is 5.96. The summed E-state index contributed by atoms with van der Waals surface area (Å²) < 4.78 is 5.37. The highest BCUT2D eigenvalue weighted by atomic mass is 16.6. The van der Waals surface area contributed by atoms with Crippen LogP contribution in [0.5, 0.6) is 0 Å². The molecular formula is C17H26N4O4. The summed E-state index contributed by atoms with van der Waals surface area (Å²) in [6.45, 7) is 8.19. The molecule has 0 aliphatic heterocycles. The summed E-state index contributed by atoms with van der Waals surface area (Å²) >= 11 is 0. The second-order valence-corrected chi connectivity index (χ2v) is 6.47. The van der Waals surface area contributed by atoms with E-state index < -0.39 is 5.60 Å². The van der Waals surface area contributed by atoms with Gasteiger partial charge in [-0.05, 0) is 45.4 Å². The minimum Gasteiger partial charge on any atom is -0.444 e. The summed E-state index contributed by atoms with van der Waals surface area (Å²) in [5.74, 6) is -0.418. The highest BCUT2D eigenvalue weighted by Crippen LogP contribution is 2.13. The van der Waals surface area contributed by atoms with Gasteiger partial charge >= 0.3 is 6.09 Å². The molecule has 4 N–H and O–H groups in total. The Morgan fingerprint density at radius 2 is 1.88 bits per heavy atom. The molecule has 2 amide bonds. The molecule has 0 fully saturated rings. The van der Waals surface area contributed by atoms with Crippen molar-refractivity contribution in [3.05, 3.63) is 35.4 Å². The van der Waals surface area contributed by atoms with Gasteiger partial charge in [-0.25, -0.2) is 4.79 Å². The van der Waals surface area contributed by atoms with Gasteiger partial charge in [0.15, 0.2) is 5.84 Å². The Kier molecular flexibility index (Phi) is 7.22. The number of hydrogen-bond acceptors (Lipinski definition) is 5. The van der Waals surface area contributed by atoms with E-state index in [4.69, 9.17) is 15.7 Å². The van der Waals surface area contributed by atoms with E-state index in [1.54, 1.807) is 29.2 Å². The Bertz CT molecular complexity index is 621. The number of amidine groups is 1. The van der Waals surface area contributed by atoms with E-state index in [1.807, 2.05) is 27.7 Å². The van der Waals surface area contributed by atoms with Gasteiger partial charge < -0.3 is 25.9 Å². The van der Waals surface area contributed by atoms with Crippen LogP contribution in [-0.4, -0.2) is 46.6 Å². The summed E-state index contributed by atoms with van der Waals surface area (Å²) in [5.41, 5.74) is 6.07. The van der Waals surface area contributed by atoms with E-state index in [-0.39, 0.29) is 24.4 Å². The van der Waals surface area contributed by atoms with Gasteiger partial charge in [-0.3, -0.25) is 4.79 Å². The molecule has 0 atom stereocenters. The van der Waals surface area contributed by atoms with Crippen LogP contribution in [0.25, 0.3) is 0 Å².